The number of aliphatic imine (C=N–C) groups is 1. The minimum atomic E-state index is -0.249. The molecule has 5 rings (SSSR count). The fourth-order valence-electron chi connectivity index (χ4n) is 7.35. The molecule has 0 radical (unpaired) electrons. The van der Waals surface area contributed by atoms with Gasteiger partial charge in [0.15, 0.2) is 0 Å². The van der Waals surface area contributed by atoms with Crippen LogP contribution in [0.3, 0.4) is 0 Å². The number of allylic oxidation sites excluding steroid dienone is 1. The van der Waals surface area contributed by atoms with Gasteiger partial charge in [0.2, 0.25) is 11.8 Å². The lowest BCUT2D eigenvalue weighted by Crippen LogP contribution is -2.26. The topological polar surface area (TPSA) is 128 Å². The summed E-state index contributed by atoms with van der Waals surface area (Å²) in [4.78, 5) is 42.6. The van der Waals surface area contributed by atoms with Gasteiger partial charge in [-0.25, -0.2) is 9.97 Å². The van der Waals surface area contributed by atoms with Crippen LogP contribution in [0.5, 0.6) is 11.8 Å². The fourth-order valence-corrected chi connectivity index (χ4v) is 7.35. The summed E-state index contributed by atoms with van der Waals surface area (Å²) in [5.74, 6) is 1.01. The lowest BCUT2D eigenvalue weighted by Gasteiger charge is -2.34. The predicted octanol–water partition coefficient (Wildman–Crippen LogP) is 11.0. The van der Waals surface area contributed by atoms with Crippen LogP contribution in [-0.4, -0.2) is 39.5 Å². The van der Waals surface area contributed by atoms with Crippen LogP contribution in [0.4, 0.5) is 0 Å². The first-order valence-electron chi connectivity index (χ1n) is 21.3. The Morgan fingerprint density at radius 3 is 2.06 bits per heavy atom. The molecular formula is C52H62N6O4. The molecule has 3 heterocycles. The van der Waals surface area contributed by atoms with Gasteiger partial charge >= 0.3 is 0 Å². The van der Waals surface area contributed by atoms with Gasteiger partial charge < -0.3 is 20.1 Å². The van der Waals surface area contributed by atoms with Crippen molar-refractivity contribution in [3.05, 3.63) is 173 Å². The van der Waals surface area contributed by atoms with Crippen LogP contribution in [0.25, 0.3) is 0 Å². The molecule has 0 bridgehead atoms. The third-order valence-electron chi connectivity index (χ3n) is 10.7. The highest BCUT2D eigenvalue weighted by atomic mass is 16.5. The van der Waals surface area contributed by atoms with Gasteiger partial charge in [-0.2, -0.15) is 0 Å². The summed E-state index contributed by atoms with van der Waals surface area (Å²) in [7, 11) is 0. The van der Waals surface area contributed by atoms with Crippen molar-refractivity contribution in [2.45, 2.75) is 99.3 Å². The van der Waals surface area contributed by atoms with E-state index in [-0.39, 0.29) is 22.6 Å². The second-order valence-electron chi connectivity index (χ2n) is 17.8. The molecule has 10 nitrogen and oxygen atoms in total. The molecule has 2 N–H and O–H groups in total. The van der Waals surface area contributed by atoms with Gasteiger partial charge in [-0.1, -0.05) is 109 Å². The SMILES string of the molecule is C=CN=C/C(=C\C)CNC(=O)c1ccc(OCc2ccc(C(CCC(c3ccc(COc4ncccc4C(=O)NCc4cccnc4)cc3)C(C)(C)C)CC(C)(C)C)cc2)nc1. The van der Waals surface area contributed by atoms with Crippen LogP contribution >= 0.6 is 0 Å². The molecular weight excluding hydrogens is 773 g/mol. The van der Waals surface area contributed by atoms with E-state index in [1.165, 1.54) is 23.5 Å². The van der Waals surface area contributed by atoms with Crippen molar-refractivity contribution in [1.29, 1.82) is 0 Å². The Kier molecular flexibility index (Phi) is 16.9. The molecule has 2 atom stereocenters. The highest BCUT2D eigenvalue weighted by Gasteiger charge is 2.29. The maximum absolute atomic E-state index is 13.0. The molecule has 2 unspecified atom stereocenters. The van der Waals surface area contributed by atoms with Crippen LogP contribution in [0.2, 0.25) is 0 Å². The van der Waals surface area contributed by atoms with E-state index in [9.17, 15) is 9.59 Å². The largest absolute Gasteiger partial charge is 0.473 e. The first-order valence-corrected chi connectivity index (χ1v) is 21.3. The quantitative estimate of drug-likeness (QED) is 0.0747. The Balaban J connectivity index is 1.17. The highest BCUT2D eigenvalue weighted by Crippen LogP contribution is 2.43. The maximum atomic E-state index is 13.0. The maximum Gasteiger partial charge on any atom is 0.257 e. The number of benzene rings is 2. The predicted molar refractivity (Wildman–Crippen MR) is 248 cm³/mol. The van der Waals surface area contributed by atoms with Gasteiger partial charge in [-0.15, -0.1) is 0 Å². The molecule has 0 fully saturated rings. The Hall–Kier alpha value is -6.42. The number of aromatic nitrogens is 3. The van der Waals surface area contributed by atoms with Crippen molar-refractivity contribution in [2.24, 2.45) is 15.8 Å². The number of nitrogens with zero attached hydrogens (tertiary/aromatic N) is 4. The van der Waals surface area contributed by atoms with E-state index in [1.807, 2.05) is 25.1 Å². The zero-order valence-corrected chi connectivity index (χ0v) is 37.4. The van der Waals surface area contributed by atoms with Gasteiger partial charge in [0.25, 0.3) is 11.8 Å². The minimum Gasteiger partial charge on any atom is -0.473 e. The lowest BCUT2D eigenvalue weighted by atomic mass is 9.71. The number of ether oxygens (including phenoxy) is 2. The molecule has 324 valence electrons. The Bertz CT molecular complexity index is 2260. The number of rotatable bonds is 20. The Labute approximate surface area is 368 Å². The number of hydrogen-bond donors (Lipinski definition) is 2. The first kappa shape index (κ1) is 46.6. The molecule has 0 spiro atoms. The second kappa shape index (κ2) is 22.4. The van der Waals surface area contributed by atoms with Crippen molar-refractivity contribution < 1.29 is 19.1 Å². The van der Waals surface area contributed by atoms with Gasteiger partial charge in [-0.3, -0.25) is 19.6 Å². The fraction of sp³-hybridized carbons (Fsp3) is 0.346. The Morgan fingerprint density at radius 1 is 0.758 bits per heavy atom. The summed E-state index contributed by atoms with van der Waals surface area (Å²) in [5, 5.41) is 5.82. The van der Waals surface area contributed by atoms with Crippen LogP contribution in [-0.2, 0) is 19.8 Å². The third-order valence-corrected chi connectivity index (χ3v) is 10.7. The molecule has 5 aromatic rings. The summed E-state index contributed by atoms with van der Waals surface area (Å²) >= 11 is 0. The molecule has 10 heteroatoms. The molecule has 0 saturated carbocycles. The van der Waals surface area contributed by atoms with E-state index in [0.29, 0.717) is 61.0 Å². The monoisotopic (exact) mass is 834 g/mol. The smallest absolute Gasteiger partial charge is 0.257 e. The van der Waals surface area contributed by atoms with Crippen LogP contribution < -0.4 is 20.1 Å². The van der Waals surface area contributed by atoms with Gasteiger partial charge in [-0.05, 0) is 107 Å². The number of nitrogens with one attached hydrogen (secondary N) is 2. The molecule has 0 saturated heterocycles. The third kappa shape index (κ3) is 14.6. The van der Waals surface area contributed by atoms with E-state index in [4.69, 9.17) is 9.47 Å². The molecule has 2 amide bonds. The van der Waals surface area contributed by atoms with Gasteiger partial charge in [0.1, 0.15) is 18.8 Å². The standard InChI is InChI=1S/C52H62N6O4/c1-9-37(30-53-10-2)32-57-48(59)44-24-26-47(56-34-44)61-35-38-15-19-41(20-16-38)43(29-51(3,4)5)23-25-46(52(6,7)8)42-21-17-39(18-22-42)36-62-50-45(14-12-28-55-50)49(60)58-33-40-13-11-27-54-31-40/h9-22,24,26-28,30-31,34,43,46H,2,23,25,29,32-33,35-36H2,1,3-8H3,(H,57,59)(H,58,60)/b37-9+,53-30?. The molecule has 3 aromatic heterocycles. The van der Waals surface area contributed by atoms with Crippen molar-refractivity contribution in [1.82, 2.24) is 25.6 Å². The zero-order valence-electron chi connectivity index (χ0n) is 37.4. The number of amides is 2. The molecule has 0 aliphatic carbocycles. The minimum absolute atomic E-state index is 0.0457. The normalized spacial score (nSPS) is 13.0. The summed E-state index contributed by atoms with van der Waals surface area (Å²) in [6, 6.07) is 28.1. The van der Waals surface area contributed by atoms with Gasteiger partial charge in [0, 0.05) is 56.4 Å². The van der Waals surface area contributed by atoms with Crippen molar-refractivity contribution in [3.8, 4) is 11.8 Å². The number of hydrogen-bond acceptors (Lipinski definition) is 8. The molecule has 0 aliphatic rings. The van der Waals surface area contributed by atoms with E-state index in [1.54, 1.807) is 49.1 Å². The molecule has 2 aromatic carbocycles. The van der Waals surface area contributed by atoms with Crippen LogP contribution in [0.1, 0.15) is 128 Å². The number of carbonyl (C=O) groups is 2. The van der Waals surface area contributed by atoms with Crippen LogP contribution in [0.15, 0.2) is 139 Å². The highest BCUT2D eigenvalue weighted by molar-refractivity contribution is 5.96. The average molecular weight is 835 g/mol. The number of carbonyl (C=O) groups excluding carboxylic acids is 2. The first-order chi connectivity index (χ1) is 29.7. The number of pyridine rings is 3. The van der Waals surface area contributed by atoms with Gasteiger partial charge in [0.05, 0.1) is 5.56 Å². The van der Waals surface area contributed by atoms with E-state index in [0.717, 1.165) is 41.5 Å². The average Bonchev–Trinajstić information content (AvgIpc) is 3.27. The summed E-state index contributed by atoms with van der Waals surface area (Å²) < 4.78 is 12.1. The van der Waals surface area contributed by atoms with Crippen LogP contribution in [0, 0.1) is 10.8 Å². The Morgan fingerprint density at radius 2 is 1.45 bits per heavy atom. The molecule has 62 heavy (non-hydrogen) atoms. The molecule has 0 aliphatic heterocycles. The second-order valence-corrected chi connectivity index (χ2v) is 17.8. The van der Waals surface area contributed by atoms with E-state index >= 15 is 0 Å². The summed E-state index contributed by atoms with van der Waals surface area (Å²) in [6.07, 6.45) is 14.8. The van der Waals surface area contributed by atoms with E-state index < -0.39 is 0 Å². The lowest BCUT2D eigenvalue weighted by molar-refractivity contribution is 0.0941. The van der Waals surface area contributed by atoms with Crippen molar-refractivity contribution >= 4 is 18.0 Å². The van der Waals surface area contributed by atoms with Crippen molar-refractivity contribution in [2.75, 3.05) is 6.54 Å². The van der Waals surface area contributed by atoms with Crippen molar-refractivity contribution in [3.63, 3.8) is 0 Å². The van der Waals surface area contributed by atoms with E-state index in [2.05, 4.69) is 127 Å². The summed E-state index contributed by atoms with van der Waals surface area (Å²) in [5.41, 5.74) is 7.52. The zero-order chi connectivity index (χ0) is 44.5. The summed E-state index contributed by atoms with van der Waals surface area (Å²) in [6.45, 7) is 20.8.